The summed E-state index contributed by atoms with van der Waals surface area (Å²) in [5.74, 6) is 1.04. The zero-order chi connectivity index (χ0) is 20.0. The Labute approximate surface area is 164 Å². The highest BCUT2D eigenvalue weighted by Gasteiger charge is 2.59. The van der Waals surface area contributed by atoms with Crippen LogP contribution in [-0.4, -0.2) is 16.0 Å². The average Bonchev–Trinajstić information content (AvgIpc) is 2.57. The zero-order valence-corrected chi connectivity index (χ0v) is 17.6. The molecule has 1 aromatic rings. The van der Waals surface area contributed by atoms with Gasteiger partial charge in [0, 0.05) is 23.8 Å². The third-order valence-electron chi connectivity index (χ3n) is 7.58. The number of carbonyl (C=O) groups excluding carboxylic acids is 1. The molecule has 3 aliphatic carbocycles. The molecule has 3 atom stereocenters. The number of phenolic OH excluding ortho intramolecular Hbond substituents is 2. The minimum absolute atomic E-state index is 0.0316. The molecule has 2 unspecified atom stereocenters. The summed E-state index contributed by atoms with van der Waals surface area (Å²) in [6, 6.07) is 3.66. The van der Waals surface area contributed by atoms with Gasteiger partial charge < -0.3 is 10.2 Å². The normalized spacial score (nSPS) is 26.7. The van der Waals surface area contributed by atoms with Crippen LogP contribution in [0.1, 0.15) is 96.6 Å². The first-order valence-corrected chi connectivity index (χ1v) is 10.7. The van der Waals surface area contributed by atoms with Crippen LogP contribution in [0.3, 0.4) is 0 Å². The highest BCUT2D eigenvalue weighted by atomic mass is 16.3. The van der Waals surface area contributed by atoms with Crippen LogP contribution in [0.2, 0.25) is 0 Å². The van der Waals surface area contributed by atoms with Crippen molar-refractivity contribution < 1.29 is 15.0 Å². The van der Waals surface area contributed by atoms with Crippen molar-refractivity contribution in [3.8, 4) is 11.5 Å². The summed E-state index contributed by atoms with van der Waals surface area (Å²) in [7, 11) is 0. The van der Waals surface area contributed by atoms with E-state index in [1.54, 1.807) is 0 Å². The second-order valence-corrected chi connectivity index (χ2v) is 10.1. The van der Waals surface area contributed by atoms with Gasteiger partial charge in [0.25, 0.3) is 0 Å². The molecule has 0 amide bonds. The lowest BCUT2D eigenvalue weighted by Crippen LogP contribution is -2.56. The maximum atomic E-state index is 12.5. The van der Waals surface area contributed by atoms with Crippen LogP contribution in [0.4, 0.5) is 0 Å². The van der Waals surface area contributed by atoms with Gasteiger partial charge in [0.1, 0.15) is 17.3 Å². The number of aromatic hydroxyl groups is 2. The Kier molecular flexibility index (Phi) is 5.35. The Morgan fingerprint density at radius 2 is 1.74 bits per heavy atom. The van der Waals surface area contributed by atoms with Gasteiger partial charge in [-0.15, -0.1) is 0 Å². The first kappa shape index (κ1) is 20.2. The number of ketones is 1. The number of rotatable bonds is 7. The topological polar surface area (TPSA) is 57.5 Å². The number of fused-ring (bicyclic) bond motifs is 2. The lowest BCUT2D eigenvalue weighted by molar-refractivity contribution is -0.151. The average molecular weight is 373 g/mol. The van der Waals surface area contributed by atoms with Crippen LogP contribution in [-0.2, 0) is 10.2 Å². The second kappa shape index (κ2) is 7.14. The Hall–Kier alpha value is -1.51. The van der Waals surface area contributed by atoms with Gasteiger partial charge in [-0.2, -0.15) is 0 Å². The number of hydrogen-bond acceptors (Lipinski definition) is 3. The number of Topliss-reactive ketones (excluding diaryl/α,β-unsaturated/α-hetero) is 1. The molecule has 1 aromatic carbocycles. The lowest BCUT2D eigenvalue weighted by Gasteiger charge is -2.59. The minimum atomic E-state index is -0.0928. The van der Waals surface area contributed by atoms with Crippen LogP contribution in [0, 0.1) is 17.3 Å². The Morgan fingerprint density at radius 3 is 2.26 bits per heavy atom. The smallest absolute Gasteiger partial charge is 0.137 e. The molecule has 2 N–H and O–H groups in total. The Balaban J connectivity index is 1.84. The van der Waals surface area contributed by atoms with E-state index >= 15 is 0 Å². The summed E-state index contributed by atoms with van der Waals surface area (Å²) in [5.41, 5.74) is 1.44. The van der Waals surface area contributed by atoms with Crippen molar-refractivity contribution in [3.63, 3.8) is 0 Å². The van der Waals surface area contributed by atoms with E-state index in [4.69, 9.17) is 0 Å². The maximum Gasteiger partial charge on any atom is 0.137 e. The first-order valence-electron chi connectivity index (χ1n) is 10.7. The van der Waals surface area contributed by atoms with Gasteiger partial charge in [0.15, 0.2) is 0 Å². The molecule has 27 heavy (non-hydrogen) atoms. The van der Waals surface area contributed by atoms with Gasteiger partial charge in [-0.3, -0.25) is 4.79 Å². The summed E-state index contributed by atoms with van der Waals surface area (Å²) in [5, 5.41) is 21.6. The predicted molar refractivity (Wildman–Crippen MR) is 109 cm³/mol. The van der Waals surface area contributed by atoms with E-state index in [1.165, 1.54) is 19.3 Å². The molecular formula is C24H36O3. The maximum absolute atomic E-state index is 12.5. The molecule has 0 heterocycles. The van der Waals surface area contributed by atoms with Crippen molar-refractivity contribution in [2.75, 3.05) is 0 Å². The fraction of sp³-hybridized carbons (Fsp3) is 0.708. The van der Waals surface area contributed by atoms with Gasteiger partial charge >= 0.3 is 0 Å². The molecule has 0 saturated heterocycles. The van der Waals surface area contributed by atoms with Gasteiger partial charge in [-0.1, -0.05) is 60.3 Å². The van der Waals surface area contributed by atoms with Crippen LogP contribution in [0.25, 0.3) is 0 Å². The number of hydrogen-bond donors (Lipinski definition) is 2. The third kappa shape index (κ3) is 3.50. The number of phenols is 2. The van der Waals surface area contributed by atoms with Gasteiger partial charge in [-0.05, 0) is 47.3 Å². The quantitative estimate of drug-likeness (QED) is 0.572. The summed E-state index contributed by atoms with van der Waals surface area (Å²) in [6.07, 6.45) is 7.20. The summed E-state index contributed by atoms with van der Waals surface area (Å²) >= 11 is 0. The molecule has 3 fully saturated rings. The van der Waals surface area contributed by atoms with Crippen molar-refractivity contribution in [2.24, 2.45) is 17.3 Å². The van der Waals surface area contributed by atoms with E-state index in [2.05, 4.69) is 34.6 Å². The highest BCUT2D eigenvalue weighted by Crippen LogP contribution is 2.64. The molecule has 3 nitrogen and oxygen atoms in total. The monoisotopic (exact) mass is 372 g/mol. The highest BCUT2D eigenvalue weighted by molar-refractivity contribution is 5.86. The standard InChI is InChI=1S/C24H36O3/c1-6-7-8-9-10-23(2,3)15-11-20(26)22(21(27)12-15)16-13-19(25)18-14-17(16)24(18,4)5/h11-12,16-18,26-27H,6-10,13-14H2,1-5H3/t16-,17?,18?/m1/s1. The molecular weight excluding hydrogens is 336 g/mol. The van der Waals surface area contributed by atoms with Crippen molar-refractivity contribution >= 4 is 5.78 Å². The molecule has 3 aliphatic rings. The van der Waals surface area contributed by atoms with Crippen molar-refractivity contribution in [1.29, 1.82) is 0 Å². The van der Waals surface area contributed by atoms with Crippen LogP contribution >= 0.6 is 0 Å². The number of benzene rings is 1. The van der Waals surface area contributed by atoms with E-state index < -0.39 is 0 Å². The predicted octanol–water partition coefficient (Wildman–Crippen LogP) is 6.06. The first-order chi connectivity index (χ1) is 12.6. The van der Waals surface area contributed by atoms with E-state index in [1.807, 2.05) is 12.1 Å². The molecule has 0 radical (unpaired) electrons. The van der Waals surface area contributed by atoms with E-state index in [0.717, 1.165) is 24.8 Å². The van der Waals surface area contributed by atoms with E-state index in [-0.39, 0.29) is 39.9 Å². The van der Waals surface area contributed by atoms with Crippen LogP contribution < -0.4 is 0 Å². The third-order valence-corrected chi connectivity index (χ3v) is 7.58. The lowest BCUT2D eigenvalue weighted by atomic mass is 9.44. The van der Waals surface area contributed by atoms with Gasteiger partial charge in [-0.25, -0.2) is 0 Å². The molecule has 4 rings (SSSR count). The fourth-order valence-corrected chi connectivity index (χ4v) is 5.52. The number of carbonyl (C=O) groups is 1. The summed E-state index contributed by atoms with van der Waals surface area (Å²) in [4.78, 5) is 12.5. The molecule has 2 bridgehead atoms. The van der Waals surface area contributed by atoms with Crippen LogP contribution in [0.5, 0.6) is 11.5 Å². The van der Waals surface area contributed by atoms with Gasteiger partial charge in [0.2, 0.25) is 0 Å². The molecule has 0 aliphatic heterocycles. The van der Waals surface area contributed by atoms with Crippen molar-refractivity contribution in [2.45, 2.75) is 90.9 Å². The largest absolute Gasteiger partial charge is 0.508 e. The SMILES string of the molecule is CCCCCCC(C)(C)c1cc(O)c([C@@H]2CC(=O)C3CC2C3(C)C)c(O)c1. The zero-order valence-electron chi connectivity index (χ0n) is 17.6. The van der Waals surface area contributed by atoms with Crippen molar-refractivity contribution in [3.05, 3.63) is 23.3 Å². The molecule has 3 heteroatoms. The summed E-state index contributed by atoms with van der Waals surface area (Å²) < 4.78 is 0. The molecule has 0 aromatic heterocycles. The van der Waals surface area contributed by atoms with E-state index in [0.29, 0.717) is 17.9 Å². The van der Waals surface area contributed by atoms with Crippen LogP contribution in [0.15, 0.2) is 12.1 Å². The van der Waals surface area contributed by atoms with Crippen molar-refractivity contribution in [1.82, 2.24) is 0 Å². The fourth-order valence-electron chi connectivity index (χ4n) is 5.52. The minimum Gasteiger partial charge on any atom is -0.508 e. The second-order valence-electron chi connectivity index (χ2n) is 10.1. The van der Waals surface area contributed by atoms with Gasteiger partial charge in [0.05, 0.1) is 0 Å². The molecule has 3 saturated carbocycles. The molecule has 0 spiro atoms. The Morgan fingerprint density at radius 1 is 1.11 bits per heavy atom. The molecule has 150 valence electrons. The summed E-state index contributed by atoms with van der Waals surface area (Å²) in [6.45, 7) is 10.9. The Bertz CT molecular complexity index is 693. The number of unbranched alkanes of at least 4 members (excludes halogenated alkanes) is 3. The van der Waals surface area contributed by atoms with E-state index in [9.17, 15) is 15.0 Å².